The molecule has 4 rings (SSSR count). The second kappa shape index (κ2) is 6.46. The highest BCUT2D eigenvalue weighted by atomic mass is 16.7. The van der Waals surface area contributed by atoms with Crippen LogP contribution in [0.1, 0.15) is 24.8 Å². The highest BCUT2D eigenvalue weighted by molar-refractivity contribution is 5.83. The van der Waals surface area contributed by atoms with E-state index in [4.69, 9.17) is 14.2 Å². The van der Waals surface area contributed by atoms with Crippen LogP contribution >= 0.6 is 0 Å². The van der Waals surface area contributed by atoms with Crippen LogP contribution in [0.5, 0.6) is 11.5 Å². The highest BCUT2D eigenvalue weighted by Crippen LogP contribution is 2.50. The topological polar surface area (TPSA) is 68.3 Å². The molecule has 0 spiro atoms. The van der Waals surface area contributed by atoms with E-state index in [-0.39, 0.29) is 30.6 Å². The average molecular weight is 346 g/mol. The van der Waals surface area contributed by atoms with Crippen LogP contribution in [0, 0.1) is 5.92 Å². The largest absolute Gasteiger partial charge is 0.454 e. The van der Waals surface area contributed by atoms with Gasteiger partial charge in [0.1, 0.15) is 0 Å². The fourth-order valence-corrected chi connectivity index (χ4v) is 3.54. The van der Waals surface area contributed by atoms with Gasteiger partial charge >= 0.3 is 6.09 Å². The first-order valence-corrected chi connectivity index (χ1v) is 8.77. The van der Waals surface area contributed by atoms with Gasteiger partial charge in [0.25, 0.3) is 0 Å². The molecule has 2 heterocycles. The number of nitrogens with zero attached hydrogens (tertiary/aromatic N) is 2. The number of carbonyl (C=O) groups is 2. The summed E-state index contributed by atoms with van der Waals surface area (Å²) in [5, 5.41) is 0. The Bertz CT molecular complexity index is 684. The van der Waals surface area contributed by atoms with Gasteiger partial charge in [0, 0.05) is 32.1 Å². The summed E-state index contributed by atoms with van der Waals surface area (Å²) in [4.78, 5) is 28.0. The summed E-state index contributed by atoms with van der Waals surface area (Å²) in [5.41, 5.74) is 1.13. The summed E-state index contributed by atoms with van der Waals surface area (Å²) in [6.07, 6.45) is 0.579. The SMILES string of the molecule is CCOC(=O)N1CCN(C(=O)[C@@H]2C[C@@H]2c2ccc3c(c2)OCO3)CC1. The molecule has 134 valence electrons. The summed E-state index contributed by atoms with van der Waals surface area (Å²) in [7, 11) is 0. The van der Waals surface area contributed by atoms with Crippen molar-refractivity contribution in [2.75, 3.05) is 39.6 Å². The maximum atomic E-state index is 12.7. The van der Waals surface area contributed by atoms with Crippen LogP contribution in [0.25, 0.3) is 0 Å². The Morgan fingerprint density at radius 1 is 1.12 bits per heavy atom. The molecular weight excluding hydrogens is 324 g/mol. The lowest BCUT2D eigenvalue weighted by Gasteiger charge is -2.34. The minimum atomic E-state index is -0.292. The smallest absolute Gasteiger partial charge is 0.409 e. The van der Waals surface area contributed by atoms with Crippen molar-refractivity contribution in [3.8, 4) is 11.5 Å². The summed E-state index contributed by atoms with van der Waals surface area (Å²) in [6.45, 7) is 4.64. The zero-order chi connectivity index (χ0) is 17.4. The molecule has 7 heteroatoms. The van der Waals surface area contributed by atoms with Gasteiger partial charge in [-0.25, -0.2) is 4.79 Å². The van der Waals surface area contributed by atoms with E-state index in [1.165, 1.54) is 0 Å². The monoisotopic (exact) mass is 346 g/mol. The van der Waals surface area contributed by atoms with Crippen molar-refractivity contribution < 1.29 is 23.8 Å². The van der Waals surface area contributed by atoms with Crippen LogP contribution in [0.2, 0.25) is 0 Å². The lowest BCUT2D eigenvalue weighted by atomic mass is 10.1. The molecule has 1 saturated carbocycles. The van der Waals surface area contributed by atoms with Gasteiger partial charge in [-0.15, -0.1) is 0 Å². The number of carbonyl (C=O) groups excluding carboxylic acids is 2. The minimum absolute atomic E-state index is 0.0366. The normalized spacial score (nSPS) is 24.2. The number of amides is 2. The van der Waals surface area contributed by atoms with Crippen molar-refractivity contribution in [3.05, 3.63) is 23.8 Å². The minimum Gasteiger partial charge on any atom is -0.454 e. The number of fused-ring (bicyclic) bond motifs is 1. The number of rotatable bonds is 3. The van der Waals surface area contributed by atoms with Gasteiger partial charge in [-0.1, -0.05) is 6.07 Å². The maximum Gasteiger partial charge on any atom is 0.409 e. The van der Waals surface area contributed by atoms with Crippen LogP contribution in [0.4, 0.5) is 4.79 Å². The van der Waals surface area contributed by atoms with Crippen LogP contribution in [-0.4, -0.2) is 61.4 Å². The molecule has 25 heavy (non-hydrogen) atoms. The van der Waals surface area contributed by atoms with Gasteiger partial charge in [-0.3, -0.25) is 4.79 Å². The molecule has 2 fully saturated rings. The van der Waals surface area contributed by atoms with Gasteiger partial charge in [-0.05, 0) is 37.0 Å². The fraction of sp³-hybridized carbons (Fsp3) is 0.556. The fourth-order valence-electron chi connectivity index (χ4n) is 3.54. The van der Waals surface area contributed by atoms with Gasteiger partial charge in [0.2, 0.25) is 12.7 Å². The van der Waals surface area contributed by atoms with Crippen LogP contribution in [-0.2, 0) is 9.53 Å². The molecule has 1 aliphatic carbocycles. The zero-order valence-corrected chi connectivity index (χ0v) is 14.3. The summed E-state index contributed by atoms with van der Waals surface area (Å²) in [6, 6.07) is 5.92. The summed E-state index contributed by atoms with van der Waals surface area (Å²) in [5.74, 6) is 2.01. The molecule has 0 radical (unpaired) electrons. The predicted octanol–water partition coefficient (Wildman–Crippen LogP) is 1.82. The predicted molar refractivity (Wildman–Crippen MR) is 88.6 cm³/mol. The Kier molecular flexibility index (Phi) is 4.15. The van der Waals surface area contributed by atoms with E-state index in [1.54, 1.807) is 11.8 Å². The average Bonchev–Trinajstić information content (AvgIpc) is 3.30. The zero-order valence-electron chi connectivity index (χ0n) is 14.3. The number of piperazine rings is 1. The number of hydrogen-bond donors (Lipinski definition) is 0. The number of hydrogen-bond acceptors (Lipinski definition) is 5. The van der Waals surface area contributed by atoms with Crippen molar-refractivity contribution in [3.63, 3.8) is 0 Å². The van der Waals surface area contributed by atoms with E-state index in [9.17, 15) is 9.59 Å². The Hall–Kier alpha value is -2.44. The molecule has 3 aliphatic rings. The molecule has 1 aromatic rings. The molecule has 2 amide bonds. The molecule has 1 saturated heterocycles. The number of ether oxygens (including phenoxy) is 3. The lowest BCUT2D eigenvalue weighted by Crippen LogP contribution is -2.51. The van der Waals surface area contributed by atoms with Crippen LogP contribution < -0.4 is 9.47 Å². The molecule has 0 aromatic heterocycles. The Balaban J connectivity index is 1.32. The molecule has 0 N–H and O–H groups in total. The van der Waals surface area contributed by atoms with Crippen molar-refractivity contribution >= 4 is 12.0 Å². The molecule has 1 aromatic carbocycles. The van der Waals surface area contributed by atoms with Gasteiger partial charge in [-0.2, -0.15) is 0 Å². The quantitative estimate of drug-likeness (QED) is 0.835. The van der Waals surface area contributed by atoms with Gasteiger partial charge < -0.3 is 24.0 Å². The first-order chi connectivity index (χ1) is 12.2. The van der Waals surface area contributed by atoms with Crippen molar-refractivity contribution in [1.82, 2.24) is 9.80 Å². The van der Waals surface area contributed by atoms with Crippen LogP contribution in [0.15, 0.2) is 18.2 Å². The summed E-state index contributed by atoms with van der Waals surface area (Å²) < 4.78 is 15.8. The third kappa shape index (κ3) is 3.10. The first kappa shape index (κ1) is 16.1. The molecule has 0 bridgehead atoms. The second-order valence-electron chi connectivity index (χ2n) is 6.57. The van der Waals surface area contributed by atoms with E-state index in [0.29, 0.717) is 32.8 Å². The Labute approximate surface area is 146 Å². The van der Waals surface area contributed by atoms with Crippen LogP contribution in [0.3, 0.4) is 0 Å². The van der Waals surface area contributed by atoms with Gasteiger partial charge in [0.15, 0.2) is 11.5 Å². The Morgan fingerprint density at radius 2 is 1.84 bits per heavy atom. The van der Waals surface area contributed by atoms with E-state index in [2.05, 4.69) is 0 Å². The van der Waals surface area contributed by atoms with E-state index in [0.717, 1.165) is 23.5 Å². The molecule has 0 unspecified atom stereocenters. The van der Waals surface area contributed by atoms with Crippen molar-refractivity contribution in [1.29, 1.82) is 0 Å². The standard InChI is InChI=1S/C18H22N2O5/c1-2-23-18(22)20-7-5-19(6-8-20)17(21)14-10-13(14)12-3-4-15-16(9-12)25-11-24-15/h3-4,9,13-14H,2,5-8,10-11H2,1H3/t13-,14-/m1/s1. The second-order valence-corrected chi connectivity index (χ2v) is 6.57. The maximum absolute atomic E-state index is 12.7. The lowest BCUT2D eigenvalue weighted by molar-refractivity contribution is -0.134. The van der Waals surface area contributed by atoms with E-state index >= 15 is 0 Å². The number of benzene rings is 1. The Morgan fingerprint density at radius 3 is 2.60 bits per heavy atom. The van der Waals surface area contributed by atoms with E-state index < -0.39 is 0 Å². The highest BCUT2D eigenvalue weighted by Gasteiger charge is 2.46. The third-order valence-corrected chi connectivity index (χ3v) is 5.05. The third-order valence-electron chi connectivity index (χ3n) is 5.05. The van der Waals surface area contributed by atoms with Gasteiger partial charge in [0.05, 0.1) is 6.61 Å². The van der Waals surface area contributed by atoms with Crippen molar-refractivity contribution in [2.24, 2.45) is 5.92 Å². The molecule has 7 nitrogen and oxygen atoms in total. The van der Waals surface area contributed by atoms with Crippen molar-refractivity contribution in [2.45, 2.75) is 19.3 Å². The molecule has 2 aliphatic heterocycles. The van der Waals surface area contributed by atoms with E-state index in [1.807, 2.05) is 23.1 Å². The summed E-state index contributed by atoms with van der Waals surface area (Å²) >= 11 is 0. The molecular formula is C18H22N2O5. The molecule has 2 atom stereocenters. The first-order valence-electron chi connectivity index (χ1n) is 8.77.